The number of pyridine rings is 1. The number of carbonyl (C=O) groups is 1. The van der Waals surface area contributed by atoms with Crippen LogP contribution >= 0.6 is 22.6 Å². The van der Waals surface area contributed by atoms with Gasteiger partial charge >= 0.3 is 18.4 Å². The van der Waals surface area contributed by atoms with E-state index in [1.165, 1.54) is 6.07 Å². The number of aromatic nitrogens is 1. The Morgan fingerprint density at radius 2 is 1.79 bits per heavy atom. The molecule has 2 N–H and O–H groups in total. The third kappa shape index (κ3) is 5.58. The normalized spacial score (nSPS) is 19.6. The largest absolute Gasteiger partial charge is 0.540 e. The van der Waals surface area contributed by atoms with E-state index in [2.05, 4.69) is 47.7 Å². The molecule has 2 aromatic carbocycles. The number of nitrogens with zero attached hydrogens (tertiary/aromatic N) is 1. The molecule has 0 bridgehead atoms. The van der Waals surface area contributed by atoms with E-state index in [9.17, 15) is 22.4 Å². The van der Waals surface area contributed by atoms with Crippen LogP contribution in [0.3, 0.4) is 0 Å². The van der Waals surface area contributed by atoms with Crippen LogP contribution in [0.4, 0.5) is 22.4 Å². The first-order chi connectivity index (χ1) is 18.1. The molecule has 5 rings (SSSR count). The monoisotopic (exact) mass is 641 g/mol. The fraction of sp³-hybridized carbons (Fsp3) is 0.333. The zero-order valence-corrected chi connectivity index (χ0v) is 22.2. The molecule has 0 spiro atoms. The Balaban J connectivity index is 1.66. The van der Waals surface area contributed by atoms with Gasteiger partial charge in [0.2, 0.25) is 0 Å². The highest BCUT2D eigenvalue weighted by molar-refractivity contribution is 14.1. The molecule has 1 aliphatic heterocycles. The summed E-state index contributed by atoms with van der Waals surface area (Å²) in [4.78, 5) is 17.9. The van der Waals surface area contributed by atoms with Crippen LogP contribution in [-0.2, 0) is 22.8 Å². The van der Waals surface area contributed by atoms with Crippen molar-refractivity contribution < 1.29 is 31.8 Å². The summed E-state index contributed by atoms with van der Waals surface area (Å²) in [6.07, 6.45) is -3.39. The lowest BCUT2D eigenvalue weighted by atomic mass is 9.79. The van der Waals surface area contributed by atoms with Crippen LogP contribution in [0.2, 0.25) is 0 Å². The minimum Gasteiger partial charge on any atom is -0.409 e. The van der Waals surface area contributed by atoms with Crippen molar-refractivity contribution in [3.8, 4) is 5.75 Å². The number of ether oxygens (including phenoxy) is 2. The number of halogens is 5. The third-order valence-electron chi connectivity index (χ3n) is 6.76. The average Bonchev–Trinajstić information content (AvgIpc) is 3.36. The molecular formula is C27H24F4IN3O3. The lowest BCUT2D eigenvalue weighted by Crippen LogP contribution is -2.54. The van der Waals surface area contributed by atoms with Crippen molar-refractivity contribution in [3.05, 3.63) is 92.8 Å². The van der Waals surface area contributed by atoms with Crippen molar-refractivity contribution in [2.75, 3.05) is 0 Å². The first kappa shape index (κ1) is 26.7. The molecular weight excluding hydrogens is 617 g/mol. The maximum absolute atomic E-state index is 14.8. The van der Waals surface area contributed by atoms with Gasteiger partial charge < -0.3 is 15.4 Å². The van der Waals surface area contributed by atoms with Crippen LogP contribution in [0.1, 0.15) is 48.1 Å². The van der Waals surface area contributed by atoms with Gasteiger partial charge in [0, 0.05) is 22.2 Å². The second-order valence-corrected chi connectivity index (χ2v) is 10.7. The number of nitrogens with one attached hydrogen (secondary N) is 2. The number of alkyl halides is 4. The topological polar surface area (TPSA) is 72.5 Å². The third-order valence-corrected chi connectivity index (χ3v) is 7.39. The van der Waals surface area contributed by atoms with Crippen LogP contribution in [0.5, 0.6) is 5.75 Å². The van der Waals surface area contributed by atoms with Gasteiger partial charge in [-0.15, -0.1) is 8.78 Å². The Morgan fingerprint density at radius 3 is 2.47 bits per heavy atom. The molecule has 0 unspecified atom stereocenters. The van der Waals surface area contributed by atoms with E-state index in [4.69, 9.17) is 0 Å². The van der Waals surface area contributed by atoms with Crippen LogP contribution in [0.25, 0.3) is 0 Å². The van der Waals surface area contributed by atoms with E-state index in [-0.39, 0.29) is 18.0 Å². The van der Waals surface area contributed by atoms with Crippen molar-refractivity contribution in [2.24, 2.45) is 0 Å². The van der Waals surface area contributed by atoms with Crippen molar-refractivity contribution in [1.82, 2.24) is 15.6 Å². The summed E-state index contributed by atoms with van der Waals surface area (Å²) < 4.78 is 65.8. The maximum Gasteiger partial charge on any atom is 0.540 e. The fourth-order valence-corrected chi connectivity index (χ4v) is 5.32. The Kier molecular flexibility index (Phi) is 7.25. The van der Waals surface area contributed by atoms with Gasteiger partial charge in [-0.2, -0.15) is 8.78 Å². The number of benzene rings is 2. The van der Waals surface area contributed by atoms with E-state index in [1.54, 1.807) is 18.3 Å². The minimum absolute atomic E-state index is 0.00833. The zero-order valence-electron chi connectivity index (χ0n) is 20.0. The number of fused-ring (bicyclic) bond motifs is 1. The number of hydrogen-bond acceptors (Lipinski definition) is 4. The summed E-state index contributed by atoms with van der Waals surface area (Å²) in [5.74, 6) is -0.713. The summed E-state index contributed by atoms with van der Waals surface area (Å²) >= 11 is 2.09. The first-order valence-electron chi connectivity index (χ1n) is 12.1. The quantitative estimate of drug-likeness (QED) is 0.241. The summed E-state index contributed by atoms with van der Waals surface area (Å²) in [5, 5.41) is 6.00. The van der Waals surface area contributed by atoms with E-state index < -0.39 is 35.3 Å². The van der Waals surface area contributed by atoms with Gasteiger partial charge in [-0.05, 0) is 70.8 Å². The standard InChI is InChI=1S/C27H24F4IN3O3/c28-26(29)21-14-18(10-12-22(21)37-27(30,31)38-26)25(15-17-6-2-1-3-7-17,23-13-11-19(32)16-33-23)35-24(36)34-20-8-4-5-9-20/h1-3,6-7,10-14,16,20H,4-5,8-9,15H2,(H2,34,35,36)/t25-/m1/s1. The van der Waals surface area contributed by atoms with Crippen LogP contribution in [0.15, 0.2) is 66.9 Å². The van der Waals surface area contributed by atoms with Crippen LogP contribution in [-0.4, -0.2) is 23.4 Å². The van der Waals surface area contributed by atoms with Crippen LogP contribution in [0, 0.1) is 3.57 Å². The molecule has 3 aromatic rings. The smallest absolute Gasteiger partial charge is 0.409 e. The summed E-state index contributed by atoms with van der Waals surface area (Å²) in [6.45, 7) is 0. The number of carbonyl (C=O) groups excluding carboxylic acids is 1. The SMILES string of the molecule is O=C(NC1CCCC1)N[C@](Cc1ccccc1)(c1ccc2c(c1)C(F)(F)OC(F)(F)O2)c1ccc(I)cn1. The zero-order chi connectivity index (χ0) is 27.0. The predicted molar refractivity (Wildman–Crippen MR) is 139 cm³/mol. The first-order valence-corrected chi connectivity index (χ1v) is 13.2. The molecule has 2 aliphatic rings. The van der Waals surface area contributed by atoms with Crippen molar-refractivity contribution in [2.45, 2.75) is 56.1 Å². The Bertz CT molecular complexity index is 1300. The maximum atomic E-state index is 14.8. The van der Waals surface area contributed by atoms with Crippen molar-refractivity contribution in [1.29, 1.82) is 0 Å². The van der Waals surface area contributed by atoms with Crippen molar-refractivity contribution >= 4 is 28.6 Å². The number of urea groups is 1. The molecule has 2 amide bonds. The molecule has 200 valence electrons. The van der Waals surface area contributed by atoms with E-state index >= 15 is 0 Å². The highest BCUT2D eigenvalue weighted by Crippen LogP contribution is 2.48. The lowest BCUT2D eigenvalue weighted by Gasteiger charge is -2.37. The van der Waals surface area contributed by atoms with E-state index in [1.807, 2.05) is 30.3 Å². The molecule has 0 radical (unpaired) electrons. The minimum atomic E-state index is -4.49. The van der Waals surface area contributed by atoms with E-state index in [0.717, 1.165) is 46.9 Å². The highest BCUT2D eigenvalue weighted by atomic mass is 127. The molecule has 11 heteroatoms. The molecule has 1 aliphatic carbocycles. The second-order valence-electron chi connectivity index (χ2n) is 9.40. The fourth-order valence-electron chi connectivity index (χ4n) is 5.00. The molecule has 1 atom stereocenters. The second kappa shape index (κ2) is 10.3. The van der Waals surface area contributed by atoms with Gasteiger partial charge in [-0.25, -0.2) is 9.53 Å². The molecule has 38 heavy (non-hydrogen) atoms. The summed E-state index contributed by atoms with van der Waals surface area (Å²) in [5.41, 5.74) is -0.944. The molecule has 1 aromatic heterocycles. The molecule has 2 heterocycles. The molecule has 6 nitrogen and oxygen atoms in total. The van der Waals surface area contributed by atoms with Gasteiger partial charge in [0.05, 0.1) is 11.3 Å². The van der Waals surface area contributed by atoms with Gasteiger partial charge in [0.25, 0.3) is 0 Å². The van der Waals surface area contributed by atoms with Gasteiger partial charge in [0.1, 0.15) is 11.3 Å². The van der Waals surface area contributed by atoms with Gasteiger partial charge in [-0.3, -0.25) is 4.98 Å². The molecule has 1 fully saturated rings. The van der Waals surface area contributed by atoms with Crippen molar-refractivity contribution in [3.63, 3.8) is 0 Å². The number of rotatable bonds is 6. The van der Waals surface area contributed by atoms with E-state index in [0.29, 0.717) is 5.69 Å². The molecule has 0 saturated heterocycles. The number of amides is 2. The Labute approximate surface area is 230 Å². The predicted octanol–water partition coefficient (Wildman–Crippen LogP) is 6.42. The number of hydrogen-bond donors (Lipinski definition) is 2. The lowest BCUT2D eigenvalue weighted by molar-refractivity contribution is -0.461. The average molecular weight is 641 g/mol. The molecule has 1 saturated carbocycles. The highest BCUT2D eigenvalue weighted by Gasteiger charge is 2.55. The summed E-state index contributed by atoms with van der Waals surface area (Å²) in [7, 11) is 0. The van der Waals surface area contributed by atoms with Gasteiger partial charge in [0.15, 0.2) is 0 Å². The Morgan fingerprint density at radius 1 is 1.05 bits per heavy atom. The summed E-state index contributed by atoms with van der Waals surface area (Å²) in [6, 6.07) is 15.6. The Hall–Kier alpha value is -2.93. The van der Waals surface area contributed by atoms with Crippen LogP contribution < -0.4 is 15.4 Å². The van der Waals surface area contributed by atoms with Gasteiger partial charge in [-0.1, -0.05) is 49.2 Å².